The Morgan fingerprint density at radius 3 is 2.87 bits per heavy atom. The Hall–Kier alpha value is -2.21. The zero-order valence-electron chi connectivity index (χ0n) is 13.3. The maximum atomic E-state index is 12.1. The molecule has 2 aromatic rings. The Bertz CT molecular complexity index is 748. The number of H-pyrrole nitrogens is 1. The van der Waals surface area contributed by atoms with Crippen LogP contribution in [0.4, 0.5) is 0 Å². The van der Waals surface area contributed by atoms with Crippen LogP contribution >= 0.6 is 0 Å². The fraction of sp³-hybridized carbons (Fsp3) is 0.471. The first-order valence-corrected chi connectivity index (χ1v) is 8.07. The lowest BCUT2D eigenvalue weighted by Gasteiger charge is -2.29. The van der Waals surface area contributed by atoms with Gasteiger partial charge in [-0.3, -0.25) is 9.59 Å². The minimum Gasteiger partial charge on any atom is -0.353 e. The maximum absolute atomic E-state index is 12.1. The van der Waals surface area contributed by atoms with E-state index in [1.807, 2.05) is 24.3 Å². The Balaban J connectivity index is 1.58. The summed E-state index contributed by atoms with van der Waals surface area (Å²) in [6.07, 6.45) is 2.62. The van der Waals surface area contributed by atoms with E-state index in [1.165, 1.54) is 0 Å². The molecule has 0 radical (unpaired) electrons. The fourth-order valence-corrected chi connectivity index (χ4v) is 2.92. The summed E-state index contributed by atoms with van der Waals surface area (Å²) >= 11 is 0. The van der Waals surface area contributed by atoms with Crippen molar-refractivity contribution >= 4 is 16.9 Å². The number of amides is 1. The van der Waals surface area contributed by atoms with Gasteiger partial charge in [-0.2, -0.15) is 0 Å². The molecule has 6 nitrogen and oxygen atoms in total. The van der Waals surface area contributed by atoms with Crippen LogP contribution in [0.25, 0.3) is 11.0 Å². The number of hydrogen-bond donors (Lipinski definition) is 2. The fourth-order valence-electron chi connectivity index (χ4n) is 2.92. The van der Waals surface area contributed by atoms with Gasteiger partial charge < -0.3 is 15.2 Å². The topological polar surface area (TPSA) is 78.1 Å². The van der Waals surface area contributed by atoms with E-state index < -0.39 is 0 Å². The van der Waals surface area contributed by atoms with E-state index in [4.69, 9.17) is 0 Å². The molecule has 1 fully saturated rings. The van der Waals surface area contributed by atoms with Crippen molar-refractivity contribution < 1.29 is 4.79 Å². The molecule has 0 spiro atoms. The van der Waals surface area contributed by atoms with Crippen LogP contribution in [0.1, 0.15) is 25.0 Å². The van der Waals surface area contributed by atoms with Crippen molar-refractivity contribution in [3.8, 4) is 0 Å². The Morgan fingerprint density at radius 1 is 1.35 bits per heavy atom. The SMILES string of the molecule is CN1CCC(NC(=O)CCc2nc3ccccc3[nH]c2=O)CC1. The molecule has 122 valence electrons. The molecule has 1 aliphatic heterocycles. The van der Waals surface area contributed by atoms with Gasteiger partial charge in [-0.05, 0) is 45.1 Å². The second-order valence-electron chi connectivity index (χ2n) is 6.17. The average Bonchev–Trinajstić information content (AvgIpc) is 2.55. The summed E-state index contributed by atoms with van der Waals surface area (Å²) < 4.78 is 0. The van der Waals surface area contributed by atoms with Crippen molar-refractivity contribution in [1.29, 1.82) is 0 Å². The molecule has 1 aromatic carbocycles. The van der Waals surface area contributed by atoms with E-state index in [-0.39, 0.29) is 17.5 Å². The molecular formula is C17H22N4O2. The second kappa shape index (κ2) is 6.91. The highest BCUT2D eigenvalue weighted by Crippen LogP contribution is 2.09. The molecule has 2 N–H and O–H groups in total. The Labute approximate surface area is 134 Å². The second-order valence-corrected chi connectivity index (χ2v) is 6.17. The van der Waals surface area contributed by atoms with Gasteiger partial charge in [0.2, 0.25) is 5.91 Å². The lowest BCUT2D eigenvalue weighted by Crippen LogP contribution is -2.43. The van der Waals surface area contributed by atoms with Crippen LogP contribution in [0, 0.1) is 0 Å². The number of aromatic amines is 1. The quantitative estimate of drug-likeness (QED) is 0.885. The maximum Gasteiger partial charge on any atom is 0.270 e. The van der Waals surface area contributed by atoms with Crippen LogP contribution in [0.3, 0.4) is 0 Å². The third-order valence-corrected chi connectivity index (χ3v) is 4.34. The summed E-state index contributed by atoms with van der Waals surface area (Å²) in [4.78, 5) is 33.5. The Kier molecular flexibility index (Phi) is 4.71. The first-order chi connectivity index (χ1) is 11.1. The number of rotatable bonds is 4. The number of carbonyl (C=O) groups is 1. The summed E-state index contributed by atoms with van der Waals surface area (Å²) in [5.74, 6) is -0.00564. The number of para-hydroxylation sites is 2. The minimum atomic E-state index is -0.212. The monoisotopic (exact) mass is 314 g/mol. The minimum absolute atomic E-state index is 0.00564. The van der Waals surface area contributed by atoms with Crippen molar-refractivity contribution in [3.63, 3.8) is 0 Å². The molecule has 23 heavy (non-hydrogen) atoms. The third kappa shape index (κ3) is 3.96. The molecule has 1 aromatic heterocycles. The van der Waals surface area contributed by atoms with Crippen molar-refractivity contribution in [2.75, 3.05) is 20.1 Å². The van der Waals surface area contributed by atoms with Gasteiger partial charge in [0.1, 0.15) is 5.69 Å². The number of nitrogens with zero attached hydrogens (tertiary/aromatic N) is 2. The van der Waals surface area contributed by atoms with E-state index in [0.717, 1.165) is 37.0 Å². The van der Waals surface area contributed by atoms with Crippen molar-refractivity contribution in [2.24, 2.45) is 0 Å². The molecular weight excluding hydrogens is 292 g/mol. The molecule has 2 heterocycles. The predicted molar refractivity (Wildman–Crippen MR) is 89.3 cm³/mol. The molecule has 1 aliphatic rings. The number of hydrogen-bond acceptors (Lipinski definition) is 4. The smallest absolute Gasteiger partial charge is 0.270 e. The van der Waals surface area contributed by atoms with E-state index in [2.05, 4.69) is 27.2 Å². The van der Waals surface area contributed by atoms with Crippen molar-refractivity contribution in [2.45, 2.75) is 31.7 Å². The van der Waals surface area contributed by atoms with E-state index >= 15 is 0 Å². The number of carbonyl (C=O) groups excluding carboxylic acids is 1. The molecule has 0 bridgehead atoms. The molecule has 0 unspecified atom stereocenters. The average molecular weight is 314 g/mol. The number of likely N-dealkylation sites (tertiary alicyclic amines) is 1. The first kappa shape index (κ1) is 15.7. The third-order valence-electron chi connectivity index (χ3n) is 4.34. The number of benzene rings is 1. The summed E-state index contributed by atoms with van der Waals surface area (Å²) in [5, 5.41) is 3.06. The van der Waals surface area contributed by atoms with Crippen LogP contribution in [0.15, 0.2) is 29.1 Å². The molecule has 0 atom stereocenters. The van der Waals surface area contributed by atoms with E-state index in [0.29, 0.717) is 18.5 Å². The van der Waals surface area contributed by atoms with Gasteiger partial charge in [0, 0.05) is 18.9 Å². The standard InChI is InChI=1S/C17H22N4O2/c1-21-10-8-12(9-11-21)18-16(22)7-6-15-17(23)20-14-5-3-2-4-13(14)19-15/h2-5,12H,6-11H2,1H3,(H,18,22)(H,20,23). The molecule has 0 saturated carbocycles. The lowest BCUT2D eigenvalue weighted by molar-refractivity contribution is -0.122. The number of nitrogens with one attached hydrogen (secondary N) is 2. The van der Waals surface area contributed by atoms with Crippen LogP contribution in [-0.4, -0.2) is 47.0 Å². The van der Waals surface area contributed by atoms with Crippen LogP contribution in [-0.2, 0) is 11.2 Å². The number of aromatic nitrogens is 2. The Morgan fingerprint density at radius 2 is 2.09 bits per heavy atom. The van der Waals surface area contributed by atoms with Crippen LogP contribution < -0.4 is 10.9 Å². The van der Waals surface area contributed by atoms with Gasteiger partial charge in [0.15, 0.2) is 0 Å². The van der Waals surface area contributed by atoms with Gasteiger partial charge in [0.25, 0.3) is 5.56 Å². The summed E-state index contributed by atoms with van der Waals surface area (Å²) in [6, 6.07) is 7.66. The van der Waals surface area contributed by atoms with E-state index in [1.54, 1.807) is 0 Å². The normalized spacial score (nSPS) is 16.6. The number of fused-ring (bicyclic) bond motifs is 1. The largest absolute Gasteiger partial charge is 0.353 e. The van der Waals surface area contributed by atoms with Crippen molar-refractivity contribution in [3.05, 3.63) is 40.3 Å². The highest BCUT2D eigenvalue weighted by molar-refractivity contribution is 5.77. The summed E-state index contributed by atoms with van der Waals surface area (Å²) in [6.45, 7) is 2.02. The zero-order chi connectivity index (χ0) is 16.2. The van der Waals surface area contributed by atoms with Crippen molar-refractivity contribution in [1.82, 2.24) is 20.2 Å². The molecule has 1 amide bonds. The van der Waals surface area contributed by atoms with Crippen LogP contribution in [0.5, 0.6) is 0 Å². The predicted octanol–water partition coefficient (Wildman–Crippen LogP) is 1.07. The molecule has 6 heteroatoms. The van der Waals surface area contributed by atoms with E-state index in [9.17, 15) is 9.59 Å². The molecule has 0 aliphatic carbocycles. The summed E-state index contributed by atoms with van der Waals surface area (Å²) in [5.41, 5.74) is 1.67. The molecule has 3 rings (SSSR count). The summed E-state index contributed by atoms with van der Waals surface area (Å²) in [7, 11) is 2.09. The number of aryl methyl sites for hydroxylation is 1. The lowest BCUT2D eigenvalue weighted by atomic mass is 10.1. The highest BCUT2D eigenvalue weighted by atomic mass is 16.1. The highest BCUT2D eigenvalue weighted by Gasteiger charge is 2.18. The number of piperidine rings is 1. The van der Waals surface area contributed by atoms with Gasteiger partial charge in [0.05, 0.1) is 11.0 Å². The molecule has 1 saturated heterocycles. The van der Waals surface area contributed by atoms with Gasteiger partial charge in [-0.25, -0.2) is 4.98 Å². The first-order valence-electron chi connectivity index (χ1n) is 8.07. The van der Waals surface area contributed by atoms with Gasteiger partial charge in [-0.15, -0.1) is 0 Å². The van der Waals surface area contributed by atoms with Gasteiger partial charge in [-0.1, -0.05) is 12.1 Å². The van der Waals surface area contributed by atoms with Crippen LogP contribution in [0.2, 0.25) is 0 Å². The van der Waals surface area contributed by atoms with Gasteiger partial charge >= 0.3 is 0 Å². The zero-order valence-corrected chi connectivity index (χ0v) is 13.3.